The zero-order valence-electron chi connectivity index (χ0n) is 14.9. The number of ether oxygens (including phenoxy) is 1. The summed E-state index contributed by atoms with van der Waals surface area (Å²) >= 11 is 0. The second kappa shape index (κ2) is 12.6. The first kappa shape index (κ1) is 21.3. The van der Waals surface area contributed by atoms with Gasteiger partial charge in [-0.05, 0) is 37.0 Å². The van der Waals surface area contributed by atoms with Crippen molar-refractivity contribution in [1.82, 2.24) is 20.4 Å². The van der Waals surface area contributed by atoms with E-state index in [1.165, 1.54) is 5.56 Å². The predicted molar refractivity (Wildman–Crippen MR) is 113 cm³/mol. The minimum atomic E-state index is 0. The molecule has 0 fully saturated rings. The first-order valence-electron chi connectivity index (χ1n) is 8.38. The quantitative estimate of drug-likeness (QED) is 0.263. The Bertz CT molecular complexity index is 615. The third-order valence-corrected chi connectivity index (χ3v) is 3.54. The zero-order chi connectivity index (χ0) is 17.0. The lowest BCUT2D eigenvalue weighted by atomic mass is 10.2. The molecule has 0 amide bonds. The van der Waals surface area contributed by atoms with Gasteiger partial charge in [0.15, 0.2) is 5.96 Å². The van der Waals surface area contributed by atoms with Crippen LogP contribution in [0, 0.1) is 0 Å². The minimum absolute atomic E-state index is 0. The third kappa shape index (κ3) is 8.76. The highest BCUT2D eigenvalue weighted by Crippen LogP contribution is 2.08. The molecule has 0 saturated heterocycles. The van der Waals surface area contributed by atoms with Crippen LogP contribution in [0.2, 0.25) is 0 Å². The summed E-state index contributed by atoms with van der Waals surface area (Å²) in [7, 11) is 3.73. The summed E-state index contributed by atoms with van der Waals surface area (Å²) in [6.45, 7) is 2.40. The molecule has 0 aliphatic carbocycles. The largest absolute Gasteiger partial charge is 0.494 e. The van der Waals surface area contributed by atoms with Gasteiger partial charge in [-0.15, -0.1) is 24.0 Å². The molecule has 0 radical (unpaired) electrons. The van der Waals surface area contributed by atoms with Crippen molar-refractivity contribution in [2.75, 3.05) is 26.7 Å². The van der Waals surface area contributed by atoms with Crippen molar-refractivity contribution in [3.05, 3.63) is 48.3 Å². The molecule has 1 aromatic heterocycles. The average molecular weight is 457 g/mol. The lowest BCUT2D eigenvalue weighted by molar-refractivity contribution is 0.311. The molecule has 0 saturated carbocycles. The van der Waals surface area contributed by atoms with Gasteiger partial charge in [0.1, 0.15) is 5.75 Å². The van der Waals surface area contributed by atoms with E-state index in [1.807, 2.05) is 48.3 Å². The van der Waals surface area contributed by atoms with Crippen LogP contribution in [0.3, 0.4) is 0 Å². The summed E-state index contributed by atoms with van der Waals surface area (Å²) in [5.74, 6) is 1.75. The molecule has 25 heavy (non-hydrogen) atoms. The van der Waals surface area contributed by atoms with Crippen LogP contribution in [0.15, 0.2) is 47.7 Å². The minimum Gasteiger partial charge on any atom is -0.494 e. The van der Waals surface area contributed by atoms with E-state index in [4.69, 9.17) is 4.74 Å². The van der Waals surface area contributed by atoms with Crippen molar-refractivity contribution in [2.24, 2.45) is 12.0 Å². The molecule has 2 N–H and O–H groups in total. The van der Waals surface area contributed by atoms with Crippen LogP contribution in [0.4, 0.5) is 0 Å². The topological polar surface area (TPSA) is 63.5 Å². The lowest BCUT2D eigenvalue weighted by Gasteiger charge is -2.12. The van der Waals surface area contributed by atoms with Crippen molar-refractivity contribution < 1.29 is 4.74 Å². The van der Waals surface area contributed by atoms with Crippen LogP contribution in [0.1, 0.15) is 18.4 Å². The Morgan fingerprint density at radius 2 is 1.88 bits per heavy atom. The van der Waals surface area contributed by atoms with Crippen LogP contribution in [-0.2, 0) is 13.5 Å². The summed E-state index contributed by atoms with van der Waals surface area (Å²) in [6, 6.07) is 9.88. The molecular weight excluding hydrogens is 429 g/mol. The molecule has 0 atom stereocenters. The molecule has 138 valence electrons. The van der Waals surface area contributed by atoms with Gasteiger partial charge >= 0.3 is 0 Å². The Morgan fingerprint density at radius 3 is 2.52 bits per heavy atom. The summed E-state index contributed by atoms with van der Waals surface area (Å²) in [5.41, 5.74) is 1.26. The number of aromatic nitrogens is 2. The van der Waals surface area contributed by atoms with E-state index >= 15 is 0 Å². The van der Waals surface area contributed by atoms with Crippen LogP contribution >= 0.6 is 24.0 Å². The summed E-state index contributed by atoms with van der Waals surface area (Å²) in [4.78, 5) is 4.23. The van der Waals surface area contributed by atoms with E-state index in [-0.39, 0.29) is 24.0 Å². The molecule has 7 heteroatoms. The standard InChI is InChI=1S/C18H27N5O.HI/c1-19-18(20-11-6-8-16-14-22-23(2)15-16)21-12-7-13-24-17-9-4-3-5-10-17;/h3-5,9-10,14-15H,6-8,11-13H2,1-2H3,(H2,19,20,21);1H. The van der Waals surface area contributed by atoms with Crippen molar-refractivity contribution in [1.29, 1.82) is 0 Å². The van der Waals surface area contributed by atoms with Gasteiger partial charge in [0.05, 0.1) is 12.8 Å². The number of para-hydroxylation sites is 1. The number of hydrogen-bond acceptors (Lipinski definition) is 3. The van der Waals surface area contributed by atoms with Crippen molar-refractivity contribution >= 4 is 29.9 Å². The maximum Gasteiger partial charge on any atom is 0.190 e. The smallest absolute Gasteiger partial charge is 0.190 e. The van der Waals surface area contributed by atoms with E-state index in [0.29, 0.717) is 6.61 Å². The average Bonchev–Trinajstić information content (AvgIpc) is 3.02. The first-order valence-corrected chi connectivity index (χ1v) is 8.38. The molecule has 6 nitrogen and oxygen atoms in total. The second-order valence-electron chi connectivity index (χ2n) is 5.57. The molecule has 1 heterocycles. The predicted octanol–water partition coefficient (Wildman–Crippen LogP) is 2.60. The number of guanidine groups is 1. The highest BCUT2D eigenvalue weighted by molar-refractivity contribution is 14.0. The van der Waals surface area contributed by atoms with Crippen molar-refractivity contribution in [3.63, 3.8) is 0 Å². The SMILES string of the molecule is CN=C(NCCCOc1ccccc1)NCCCc1cnn(C)c1.I. The molecule has 0 aliphatic rings. The van der Waals surface area contributed by atoms with E-state index in [1.54, 1.807) is 7.05 Å². The molecule has 0 spiro atoms. The highest BCUT2D eigenvalue weighted by Gasteiger charge is 1.99. The Balaban J connectivity index is 0.00000312. The number of nitrogens with one attached hydrogen (secondary N) is 2. The maximum atomic E-state index is 5.66. The summed E-state index contributed by atoms with van der Waals surface area (Å²) in [6.07, 6.45) is 6.96. The number of aliphatic imine (C=N–C) groups is 1. The molecule has 0 bridgehead atoms. The molecule has 2 aromatic rings. The van der Waals surface area contributed by atoms with Crippen LogP contribution < -0.4 is 15.4 Å². The number of rotatable bonds is 9. The number of benzene rings is 1. The van der Waals surface area contributed by atoms with Gasteiger partial charge < -0.3 is 15.4 Å². The van der Waals surface area contributed by atoms with Gasteiger partial charge in [-0.3, -0.25) is 9.67 Å². The van der Waals surface area contributed by atoms with Crippen LogP contribution in [0.5, 0.6) is 5.75 Å². The van der Waals surface area contributed by atoms with Gasteiger partial charge in [-0.2, -0.15) is 5.10 Å². The molecule has 1 aromatic carbocycles. The monoisotopic (exact) mass is 457 g/mol. The Kier molecular flexibility index (Phi) is 10.7. The fourth-order valence-corrected chi connectivity index (χ4v) is 2.31. The number of nitrogens with zero attached hydrogens (tertiary/aromatic N) is 3. The third-order valence-electron chi connectivity index (χ3n) is 3.54. The normalized spacial score (nSPS) is 10.9. The molecule has 0 unspecified atom stereocenters. The second-order valence-corrected chi connectivity index (χ2v) is 5.57. The van der Waals surface area contributed by atoms with E-state index in [0.717, 1.165) is 44.1 Å². The summed E-state index contributed by atoms with van der Waals surface area (Å²) < 4.78 is 7.50. The van der Waals surface area contributed by atoms with Gasteiger partial charge in [0.25, 0.3) is 0 Å². The van der Waals surface area contributed by atoms with E-state index in [9.17, 15) is 0 Å². The summed E-state index contributed by atoms with van der Waals surface area (Å²) in [5, 5.41) is 10.8. The fraction of sp³-hybridized carbons (Fsp3) is 0.444. The highest BCUT2D eigenvalue weighted by atomic mass is 127. The molecule has 2 rings (SSSR count). The molecule has 0 aliphatic heterocycles. The van der Waals surface area contributed by atoms with Gasteiger partial charge in [0.2, 0.25) is 0 Å². The molecular formula is C18H28IN5O. The Labute approximate surface area is 167 Å². The van der Waals surface area contributed by atoms with Gasteiger partial charge in [0, 0.05) is 33.4 Å². The van der Waals surface area contributed by atoms with E-state index < -0.39 is 0 Å². The zero-order valence-corrected chi connectivity index (χ0v) is 17.3. The van der Waals surface area contributed by atoms with Crippen molar-refractivity contribution in [2.45, 2.75) is 19.3 Å². The Morgan fingerprint density at radius 1 is 1.16 bits per heavy atom. The van der Waals surface area contributed by atoms with Gasteiger partial charge in [-0.25, -0.2) is 0 Å². The number of hydrogen-bond donors (Lipinski definition) is 2. The van der Waals surface area contributed by atoms with Crippen LogP contribution in [0.25, 0.3) is 0 Å². The lowest BCUT2D eigenvalue weighted by Crippen LogP contribution is -2.38. The number of aryl methyl sites for hydroxylation is 2. The van der Waals surface area contributed by atoms with Crippen molar-refractivity contribution in [3.8, 4) is 5.75 Å². The van der Waals surface area contributed by atoms with E-state index in [2.05, 4.69) is 26.9 Å². The van der Waals surface area contributed by atoms with Gasteiger partial charge in [-0.1, -0.05) is 18.2 Å². The first-order chi connectivity index (χ1) is 11.8. The number of halogens is 1. The van der Waals surface area contributed by atoms with Crippen LogP contribution in [-0.4, -0.2) is 42.5 Å². The maximum absolute atomic E-state index is 5.66. The fourth-order valence-electron chi connectivity index (χ4n) is 2.31. The Hall–Kier alpha value is -1.77.